The van der Waals surface area contributed by atoms with Crippen LogP contribution in [-0.2, 0) is 21.1 Å². The van der Waals surface area contributed by atoms with Crippen molar-refractivity contribution in [1.82, 2.24) is 4.90 Å². The van der Waals surface area contributed by atoms with Gasteiger partial charge >= 0.3 is 5.97 Å². The van der Waals surface area contributed by atoms with Gasteiger partial charge in [-0.3, -0.25) is 4.79 Å². The van der Waals surface area contributed by atoms with Gasteiger partial charge in [0, 0.05) is 25.8 Å². The van der Waals surface area contributed by atoms with Crippen LogP contribution < -0.4 is 0 Å². The van der Waals surface area contributed by atoms with Gasteiger partial charge in [0.25, 0.3) is 0 Å². The van der Waals surface area contributed by atoms with E-state index in [-0.39, 0.29) is 29.7 Å². The van der Waals surface area contributed by atoms with Gasteiger partial charge in [0.2, 0.25) is 5.91 Å². The summed E-state index contributed by atoms with van der Waals surface area (Å²) in [6, 6.07) is 5.97. The summed E-state index contributed by atoms with van der Waals surface area (Å²) in [5, 5.41) is 8.81. The quantitative estimate of drug-likeness (QED) is 0.812. The highest BCUT2D eigenvalue weighted by molar-refractivity contribution is 7.90. The molecule has 0 radical (unpaired) electrons. The maximum Gasteiger partial charge on any atom is 0.335 e. The molecule has 1 aromatic carbocycles. The molecule has 0 bridgehead atoms. The number of carboxylic acids is 1. The number of hydrogen-bond acceptors (Lipinski definition) is 4. The van der Waals surface area contributed by atoms with Gasteiger partial charge in [0.15, 0.2) is 0 Å². The van der Waals surface area contributed by atoms with Crippen LogP contribution in [0.25, 0.3) is 0 Å². The van der Waals surface area contributed by atoms with E-state index in [0.717, 1.165) is 11.8 Å². The molecule has 0 aliphatic heterocycles. The van der Waals surface area contributed by atoms with E-state index in [1.54, 1.807) is 26.1 Å². The van der Waals surface area contributed by atoms with Crippen molar-refractivity contribution in [1.29, 1.82) is 0 Å². The highest BCUT2D eigenvalue weighted by atomic mass is 32.2. The lowest BCUT2D eigenvalue weighted by atomic mass is 10.1. The fourth-order valence-electron chi connectivity index (χ4n) is 2.04. The van der Waals surface area contributed by atoms with E-state index in [1.165, 1.54) is 17.0 Å². The molecule has 6 nitrogen and oxygen atoms in total. The first-order chi connectivity index (χ1) is 10.1. The number of nitrogens with zero attached hydrogens (tertiary/aromatic N) is 1. The topological polar surface area (TPSA) is 91.8 Å². The summed E-state index contributed by atoms with van der Waals surface area (Å²) in [7, 11) is -1.54. The number of carboxylic acid groups (broad SMARTS) is 1. The van der Waals surface area contributed by atoms with Crippen LogP contribution in [0.15, 0.2) is 24.3 Å². The third-order valence-electron chi connectivity index (χ3n) is 3.43. The number of carbonyl (C=O) groups excluding carboxylic acids is 1. The fourth-order valence-corrected chi connectivity index (χ4v) is 3.14. The maximum absolute atomic E-state index is 12.1. The molecule has 1 N–H and O–H groups in total. The van der Waals surface area contributed by atoms with E-state index in [4.69, 9.17) is 5.11 Å². The lowest BCUT2D eigenvalue weighted by molar-refractivity contribution is -0.131. The molecular weight excluding hydrogens is 306 g/mol. The van der Waals surface area contributed by atoms with Gasteiger partial charge in [-0.05, 0) is 31.0 Å². The van der Waals surface area contributed by atoms with E-state index in [0.29, 0.717) is 6.42 Å². The Labute approximate surface area is 130 Å². The Morgan fingerprint density at radius 3 is 2.23 bits per heavy atom. The molecule has 0 saturated carbocycles. The number of carbonyl (C=O) groups is 2. The van der Waals surface area contributed by atoms with Gasteiger partial charge < -0.3 is 10.0 Å². The van der Waals surface area contributed by atoms with Gasteiger partial charge in [0.05, 0.1) is 11.3 Å². The third kappa shape index (κ3) is 5.85. The van der Waals surface area contributed by atoms with Crippen molar-refractivity contribution in [3.63, 3.8) is 0 Å². The monoisotopic (exact) mass is 327 g/mol. The summed E-state index contributed by atoms with van der Waals surface area (Å²) in [6.07, 6.45) is 1.87. The van der Waals surface area contributed by atoms with Crippen molar-refractivity contribution in [2.45, 2.75) is 25.8 Å². The molecule has 1 aromatic rings. The molecule has 1 rings (SSSR count). The van der Waals surface area contributed by atoms with Crippen molar-refractivity contribution in [3.8, 4) is 0 Å². The second-order valence-corrected chi connectivity index (χ2v) is 7.63. The van der Waals surface area contributed by atoms with Crippen LogP contribution in [0.5, 0.6) is 0 Å². The Bertz CT molecular complexity index is 636. The van der Waals surface area contributed by atoms with Gasteiger partial charge in [-0.15, -0.1) is 0 Å². The smallest absolute Gasteiger partial charge is 0.335 e. The molecule has 0 saturated heterocycles. The second kappa shape index (κ2) is 7.40. The molecule has 0 spiro atoms. The van der Waals surface area contributed by atoms with Crippen LogP contribution >= 0.6 is 0 Å². The number of hydrogen-bond donors (Lipinski definition) is 1. The zero-order valence-electron chi connectivity index (χ0n) is 12.9. The largest absolute Gasteiger partial charge is 0.478 e. The van der Waals surface area contributed by atoms with Gasteiger partial charge in [-0.2, -0.15) is 0 Å². The summed E-state index contributed by atoms with van der Waals surface area (Å²) in [4.78, 5) is 24.2. The maximum atomic E-state index is 12.1. The predicted molar refractivity (Wildman–Crippen MR) is 83.7 cm³/mol. The zero-order chi connectivity index (χ0) is 16.9. The second-order valence-electron chi connectivity index (χ2n) is 5.45. The minimum atomic E-state index is -3.13. The normalized spacial score (nSPS) is 12.7. The summed E-state index contributed by atoms with van der Waals surface area (Å²) in [6.45, 7) is 1.70. The Kier molecular flexibility index (Phi) is 6.11. The average molecular weight is 327 g/mol. The molecule has 22 heavy (non-hydrogen) atoms. The highest BCUT2D eigenvalue weighted by Gasteiger charge is 2.19. The number of rotatable bonds is 7. The van der Waals surface area contributed by atoms with Crippen molar-refractivity contribution in [2.75, 3.05) is 19.1 Å². The summed E-state index contributed by atoms with van der Waals surface area (Å²) in [5.74, 6) is -1.20. The predicted octanol–water partition coefficient (Wildman–Crippen LogP) is 1.21. The first-order valence-electron chi connectivity index (χ1n) is 6.86. The van der Waals surface area contributed by atoms with E-state index in [9.17, 15) is 18.0 Å². The number of sulfone groups is 1. The molecule has 0 aliphatic rings. The first kappa shape index (κ1) is 18.2. The van der Waals surface area contributed by atoms with Crippen LogP contribution in [0.1, 0.15) is 29.3 Å². The lowest BCUT2D eigenvalue weighted by Gasteiger charge is -2.24. The van der Waals surface area contributed by atoms with Gasteiger partial charge in [0.1, 0.15) is 9.84 Å². The van der Waals surface area contributed by atoms with E-state index in [2.05, 4.69) is 0 Å². The molecule has 1 unspecified atom stereocenters. The minimum absolute atomic E-state index is 0.0669. The SMILES string of the molecule is CC(CS(C)(=O)=O)N(C)C(=O)CCc1ccc(C(=O)O)cc1. The molecule has 0 heterocycles. The molecular formula is C15H21NO5S. The summed E-state index contributed by atoms with van der Waals surface area (Å²) >= 11 is 0. The molecule has 0 aromatic heterocycles. The van der Waals surface area contributed by atoms with Crippen molar-refractivity contribution >= 4 is 21.7 Å². The molecule has 0 aliphatic carbocycles. The fraction of sp³-hybridized carbons (Fsp3) is 0.467. The van der Waals surface area contributed by atoms with Crippen molar-refractivity contribution in [2.24, 2.45) is 0 Å². The number of aryl methyl sites for hydroxylation is 1. The van der Waals surface area contributed by atoms with Gasteiger partial charge in [-0.1, -0.05) is 12.1 Å². The van der Waals surface area contributed by atoms with Crippen molar-refractivity contribution in [3.05, 3.63) is 35.4 Å². The molecule has 1 amide bonds. The van der Waals surface area contributed by atoms with Crippen LogP contribution in [0.3, 0.4) is 0 Å². The van der Waals surface area contributed by atoms with Crippen LogP contribution in [0.4, 0.5) is 0 Å². The van der Waals surface area contributed by atoms with Crippen LogP contribution in [-0.4, -0.2) is 55.4 Å². The Morgan fingerprint density at radius 2 is 1.77 bits per heavy atom. The molecule has 0 fully saturated rings. The highest BCUT2D eigenvalue weighted by Crippen LogP contribution is 2.09. The Morgan fingerprint density at radius 1 is 1.23 bits per heavy atom. The molecule has 1 atom stereocenters. The average Bonchev–Trinajstić information content (AvgIpc) is 2.42. The van der Waals surface area contributed by atoms with Crippen LogP contribution in [0, 0.1) is 0 Å². The lowest BCUT2D eigenvalue weighted by Crippen LogP contribution is -2.39. The standard InChI is InChI=1S/C15H21NO5S/c1-11(10-22(3,20)21)16(2)14(17)9-6-12-4-7-13(8-5-12)15(18)19/h4-5,7-8,11H,6,9-10H2,1-3H3,(H,18,19). The Balaban J connectivity index is 2.56. The zero-order valence-corrected chi connectivity index (χ0v) is 13.8. The minimum Gasteiger partial charge on any atom is -0.478 e. The van der Waals surface area contributed by atoms with Crippen LogP contribution in [0.2, 0.25) is 0 Å². The van der Waals surface area contributed by atoms with E-state index >= 15 is 0 Å². The summed E-state index contributed by atoms with van der Waals surface area (Å²) < 4.78 is 22.5. The van der Waals surface area contributed by atoms with E-state index < -0.39 is 15.8 Å². The van der Waals surface area contributed by atoms with E-state index in [1.807, 2.05) is 0 Å². The third-order valence-corrected chi connectivity index (χ3v) is 4.51. The number of amides is 1. The van der Waals surface area contributed by atoms with Gasteiger partial charge in [-0.25, -0.2) is 13.2 Å². The summed E-state index contributed by atoms with van der Waals surface area (Å²) in [5.41, 5.74) is 1.07. The number of benzene rings is 1. The molecule has 7 heteroatoms. The molecule has 122 valence electrons. The first-order valence-corrected chi connectivity index (χ1v) is 8.92. The van der Waals surface area contributed by atoms with Crippen molar-refractivity contribution < 1.29 is 23.1 Å². The Hall–Kier alpha value is -1.89. The number of aromatic carboxylic acids is 1.